The molecule has 0 bridgehead atoms. The first-order chi connectivity index (χ1) is 6.73. The lowest BCUT2D eigenvalue weighted by atomic mass is 10.3. The highest BCUT2D eigenvalue weighted by Gasteiger charge is 2.36. The Balaban J connectivity index is 2.14. The Labute approximate surface area is 87.1 Å². The number of para-hydroxylation sites is 2. The SMILES string of the molecule is CCCSP1(=O)Oc2ccccc2O1. The van der Waals surface area contributed by atoms with Crippen LogP contribution in [0.1, 0.15) is 13.3 Å². The maximum Gasteiger partial charge on any atom is 0.493 e. The van der Waals surface area contributed by atoms with Gasteiger partial charge < -0.3 is 9.05 Å². The topological polar surface area (TPSA) is 35.5 Å². The van der Waals surface area contributed by atoms with E-state index in [0.717, 1.165) is 12.2 Å². The van der Waals surface area contributed by atoms with Crippen LogP contribution >= 0.6 is 18.2 Å². The van der Waals surface area contributed by atoms with Gasteiger partial charge in [0.25, 0.3) is 0 Å². The van der Waals surface area contributed by atoms with Crippen LogP contribution in [0.3, 0.4) is 0 Å². The number of rotatable bonds is 3. The Morgan fingerprint density at radius 1 is 1.29 bits per heavy atom. The molecule has 0 unspecified atom stereocenters. The molecule has 0 aromatic heterocycles. The van der Waals surface area contributed by atoms with Gasteiger partial charge in [0.05, 0.1) is 0 Å². The molecule has 0 aliphatic carbocycles. The van der Waals surface area contributed by atoms with Crippen molar-refractivity contribution in [2.75, 3.05) is 5.75 Å². The third kappa shape index (κ3) is 1.91. The van der Waals surface area contributed by atoms with E-state index in [1.807, 2.05) is 19.1 Å². The predicted molar refractivity (Wildman–Crippen MR) is 58.1 cm³/mol. The van der Waals surface area contributed by atoms with Crippen molar-refractivity contribution in [1.82, 2.24) is 0 Å². The van der Waals surface area contributed by atoms with Crippen molar-refractivity contribution < 1.29 is 13.6 Å². The minimum Gasteiger partial charge on any atom is -0.404 e. The summed E-state index contributed by atoms with van der Waals surface area (Å²) < 4.78 is 22.5. The fraction of sp³-hybridized carbons (Fsp3) is 0.333. The molecule has 1 heterocycles. The van der Waals surface area contributed by atoms with Gasteiger partial charge in [0.2, 0.25) is 0 Å². The Hall–Kier alpha value is -0.600. The quantitative estimate of drug-likeness (QED) is 0.741. The molecule has 0 radical (unpaired) electrons. The van der Waals surface area contributed by atoms with Crippen molar-refractivity contribution in [3.63, 3.8) is 0 Å². The lowest BCUT2D eigenvalue weighted by Gasteiger charge is -2.07. The van der Waals surface area contributed by atoms with Gasteiger partial charge in [0.1, 0.15) is 0 Å². The summed E-state index contributed by atoms with van der Waals surface area (Å²) in [5.41, 5.74) is 0. The Bertz CT molecular complexity index is 351. The third-order valence-electron chi connectivity index (χ3n) is 1.72. The zero-order chi connectivity index (χ0) is 10.0. The first-order valence-corrected chi connectivity index (χ1v) is 7.60. The number of fused-ring (bicyclic) bond motifs is 1. The van der Waals surface area contributed by atoms with Gasteiger partial charge in [-0.1, -0.05) is 19.1 Å². The second kappa shape index (κ2) is 3.87. The Morgan fingerprint density at radius 3 is 2.36 bits per heavy atom. The molecule has 1 aromatic rings. The van der Waals surface area contributed by atoms with Crippen molar-refractivity contribution in [3.05, 3.63) is 24.3 Å². The molecule has 0 fully saturated rings. The molecule has 0 N–H and O–H groups in total. The van der Waals surface area contributed by atoms with Crippen LogP contribution in [0.25, 0.3) is 0 Å². The molecule has 0 atom stereocenters. The van der Waals surface area contributed by atoms with Crippen LogP contribution in [-0.2, 0) is 4.57 Å². The van der Waals surface area contributed by atoms with Crippen molar-refractivity contribution in [1.29, 1.82) is 0 Å². The summed E-state index contributed by atoms with van der Waals surface area (Å²) in [6, 6.07) is 7.20. The summed E-state index contributed by atoms with van der Waals surface area (Å²) in [7, 11) is 0. The highest BCUT2D eigenvalue weighted by molar-refractivity contribution is 8.55. The fourth-order valence-electron chi connectivity index (χ4n) is 1.12. The smallest absolute Gasteiger partial charge is 0.404 e. The van der Waals surface area contributed by atoms with Crippen LogP contribution in [0, 0.1) is 0 Å². The summed E-state index contributed by atoms with van der Waals surface area (Å²) in [4.78, 5) is 0. The van der Waals surface area contributed by atoms with E-state index in [1.54, 1.807) is 12.1 Å². The summed E-state index contributed by atoms with van der Waals surface area (Å²) >= 11 is 1.25. The predicted octanol–water partition coefficient (Wildman–Crippen LogP) is 3.71. The molecule has 5 heteroatoms. The van der Waals surface area contributed by atoms with Crippen LogP contribution < -0.4 is 9.05 Å². The summed E-state index contributed by atoms with van der Waals surface area (Å²) in [6.45, 7) is -0.922. The van der Waals surface area contributed by atoms with Gasteiger partial charge >= 0.3 is 6.80 Å². The molecule has 0 saturated heterocycles. The molecule has 0 saturated carbocycles. The molecule has 1 aliphatic rings. The molecule has 1 aliphatic heterocycles. The van der Waals surface area contributed by atoms with Gasteiger partial charge in [-0.15, -0.1) is 0 Å². The van der Waals surface area contributed by atoms with E-state index in [1.165, 1.54) is 11.4 Å². The standard InChI is InChI=1S/C9H11O3PS/c1-2-7-14-13(10)11-8-5-3-4-6-9(8)12-13/h3-6H,2,7H2,1H3. The molecule has 0 spiro atoms. The highest BCUT2D eigenvalue weighted by atomic mass is 32.7. The number of hydrogen-bond acceptors (Lipinski definition) is 4. The zero-order valence-electron chi connectivity index (χ0n) is 7.80. The maximum absolute atomic E-state index is 11.9. The van der Waals surface area contributed by atoms with Crippen molar-refractivity contribution in [3.8, 4) is 11.5 Å². The average molecular weight is 230 g/mol. The molecule has 2 rings (SSSR count). The molecule has 3 nitrogen and oxygen atoms in total. The third-order valence-corrected chi connectivity index (χ3v) is 5.41. The number of benzene rings is 1. The van der Waals surface area contributed by atoms with Crippen LogP contribution in [0.2, 0.25) is 0 Å². The second-order valence-electron chi connectivity index (χ2n) is 2.91. The van der Waals surface area contributed by atoms with Crippen LogP contribution in [0.5, 0.6) is 11.5 Å². The second-order valence-corrected chi connectivity index (χ2v) is 6.95. The van der Waals surface area contributed by atoms with E-state index in [0.29, 0.717) is 11.5 Å². The summed E-state index contributed by atoms with van der Waals surface area (Å²) in [6.07, 6.45) is 0.956. The maximum atomic E-state index is 11.9. The minimum atomic E-state index is -2.95. The molecular formula is C9H11O3PS. The highest BCUT2D eigenvalue weighted by Crippen LogP contribution is 2.66. The van der Waals surface area contributed by atoms with Gasteiger partial charge in [-0.25, -0.2) is 4.57 Å². The molecule has 1 aromatic carbocycles. The van der Waals surface area contributed by atoms with E-state index in [2.05, 4.69) is 0 Å². The Kier molecular flexibility index (Phi) is 2.75. The molecule has 76 valence electrons. The van der Waals surface area contributed by atoms with E-state index >= 15 is 0 Å². The van der Waals surface area contributed by atoms with E-state index in [-0.39, 0.29) is 0 Å². The lowest BCUT2D eigenvalue weighted by molar-refractivity contribution is 0.454. The molecule has 14 heavy (non-hydrogen) atoms. The summed E-state index contributed by atoms with van der Waals surface area (Å²) in [5, 5.41) is 0. The first-order valence-electron chi connectivity index (χ1n) is 4.46. The zero-order valence-corrected chi connectivity index (χ0v) is 9.51. The van der Waals surface area contributed by atoms with E-state index in [9.17, 15) is 4.57 Å². The van der Waals surface area contributed by atoms with Crippen LogP contribution in [0.4, 0.5) is 0 Å². The lowest BCUT2D eigenvalue weighted by Crippen LogP contribution is -1.88. The van der Waals surface area contributed by atoms with Crippen molar-refractivity contribution in [2.24, 2.45) is 0 Å². The van der Waals surface area contributed by atoms with E-state index < -0.39 is 6.80 Å². The van der Waals surface area contributed by atoms with Crippen LogP contribution in [-0.4, -0.2) is 5.75 Å². The van der Waals surface area contributed by atoms with Gasteiger partial charge in [0, 0.05) is 5.75 Å². The van der Waals surface area contributed by atoms with Gasteiger partial charge in [-0.3, -0.25) is 0 Å². The molecule has 0 amide bonds. The largest absolute Gasteiger partial charge is 0.493 e. The first kappa shape index (κ1) is 9.94. The van der Waals surface area contributed by atoms with Crippen molar-refractivity contribution in [2.45, 2.75) is 13.3 Å². The number of hydrogen-bond donors (Lipinski definition) is 0. The van der Waals surface area contributed by atoms with Gasteiger partial charge in [0.15, 0.2) is 11.5 Å². The van der Waals surface area contributed by atoms with Gasteiger partial charge in [-0.2, -0.15) is 0 Å². The van der Waals surface area contributed by atoms with Crippen LogP contribution in [0.15, 0.2) is 24.3 Å². The van der Waals surface area contributed by atoms with Gasteiger partial charge in [-0.05, 0) is 29.9 Å². The normalized spacial score (nSPS) is 16.9. The average Bonchev–Trinajstić information content (AvgIpc) is 2.51. The Morgan fingerprint density at radius 2 is 1.86 bits per heavy atom. The molecular weight excluding hydrogens is 219 g/mol. The van der Waals surface area contributed by atoms with E-state index in [4.69, 9.17) is 9.05 Å². The fourth-order valence-corrected chi connectivity index (χ4v) is 4.47. The summed E-state index contributed by atoms with van der Waals surface area (Å²) in [5.74, 6) is 1.95. The minimum absolute atomic E-state index is 0.583. The monoisotopic (exact) mass is 230 g/mol. The van der Waals surface area contributed by atoms with Crippen molar-refractivity contribution >= 4 is 18.2 Å².